The monoisotopic (exact) mass is 195 g/mol. The van der Waals surface area contributed by atoms with Gasteiger partial charge in [-0.1, -0.05) is 13.3 Å². The first kappa shape index (κ1) is 14.3. The average molecular weight is 196 g/mol. The van der Waals surface area contributed by atoms with E-state index in [9.17, 15) is 4.79 Å². The Balaban J connectivity index is 0. The van der Waals surface area contributed by atoms with Gasteiger partial charge in [0.1, 0.15) is 0 Å². The lowest BCUT2D eigenvalue weighted by molar-refractivity contribution is -0.144. The summed E-state index contributed by atoms with van der Waals surface area (Å²) in [6.07, 6.45) is 1.51. The summed E-state index contributed by atoms with van der Waals surface area (Å²) in [5.41, 5.74) is 5.08. The number of aliphatic carboxylic acids is 1. The molecule has 1 unspecified atom stereocenters. The van der Waals surface area contributed by atoms with E-state index >= 15 is 0 Å². The van der Waals surface area contributed by atoms with Crippen molar-refractivity contribution in [1.29, 1.82) is 0 Å². The minimum Gasteiger partial charge on any atom is -0.481 e. The van der Waals surface area contributed by atoms with Crippen molar-refractivity contribution in [2.45, 2.75) is 39.2 Å². The van der Waals surface area contributed by atoms with Gasteiger partial charge in [0.25, 0.3) is 0 Å². The molecule has 12 heavy (non-hydrogen) atoms. The summed E-state index contributed by atoms with van der Waals surface area (Å²) in [7, 11) is 0. The Hall–Kier alpha value is -0.280. The third-order valence-corrected chi connectivity index (χ3v) is 1.77. The number of carboxylic acid groups (broad SMARTS) is 1. The number of carbonyl (C=O) groups is 1. The Labute approximate surface area is 79.7 Å². The molecule has 0 aliphatic rings. The van der Waals surface area contributed by atoms with Crippen molar-refractivity contribution in [2.24, 2.45) is 11.7 Å². The maximum atomic E-state index is 10.7. The topological polar surface area (TPSA) is 63.3 Å². The van der Waals surface area contributed by atoms with Crippen LogP contribution in [0.1, 0.15) is 33.6 Å². The minimum atomic E-state index is -0.792. The fourth-order valence-corrected chi connectivity index (χ4v) is 1.10. The summed E-state index contributed by atoms with van der Waals surface area (Å²) in [4.78, 5) is 10.7. The van der Waals surface area contributed by atoms with Crippen molar-refractivity contribution in [1.82, 2.24) is 0 Å². The predicted molar refractivity (Wildman–Crippen MR) is 51.5 cm³/mol. The zero-order valence-electron chi connectivity index (χ0n) is 7.83. The average Bonchev–Trinajstić information content (AvgIpc) is 1.79. The molecule has 0 aromatic carbocycles. The molecule has 74 valence electrons. The number of carboxylic acids is 1. The highest BCUT2D eigenvalue weighted by Gasteiger charge is 2.30. The molecule has 0 aliphatic carbocycles. The van der Waals surface area contributed by atoms with Crippen LogP contribution in [0.3, 0.4) is 0 Å². The van der Waals surface area contributed by atoms with E-state index in [0.717, 1.165) is 6.42 Å². The highest BCUT2D eigenvalue weighted by Crippen LogP contribution is 2.19. The lowest BCUT2D eigenvalue weighted by Gasteiger charge is -2.26. The molecule has 0 aromatic rings. The van der Waals surface area contributed by atoms with Gasteiger partial charge in [0.15, 0.2) is 0 Å². The number of rotatable bonds is 4. The van der Waals surface area contributed by atoms with Crippen LogP contribution in [0.2, 0.25) is 0 Å². The molecule has 0 fully saturated rings. The van der Waals surface area contributed by atoms with Gasteiger partial charge in [0.2, 0.25) is 0 Å². The first-order valence-electron chi connectivity index (χ1n) is 3.91. The fraction of sp³-hybridized carbons (Fsp3) is 0.875. The zero-order valence-corrected chi connectivity index (χ0v) is 8.65. The van der Waals surface area contributed by atoms with Crippen LogP contribution in [0, 0.1) is 5.92 Å². The molecule has 0 aliphatic heterocycles. The standard InChI is InChI=1S/C8H17NO2.ClH/c1-4-5-6(7(10)11)8(2,3)9;/h6H,4-5,9H2,1-3H3,(H,10,11);1H. The molecule has 0 aromatic heterocycles. The van der Waals surface area contributed by atoms with Gasteiger partial charge in [0, 0.05) is 5.54 Å². The van der Waals surface area contributed by atoms with E-state index in [2.05, 4.69) is 0 Å². The van der Waals surface area contributed by atoms with Gasteiger partial charge in [-0.25, -0.2) is 0 Å². The molecule has 0 bridgehead atoms. The molecule has 0 heterocycles. The molecule has 0 saturated heterocycles. The molecule has 0 amide bonds. The lowest BCUT2D eigenvalue weighted by atomic mass is 9.85. The third kappa shape index (κ3) is 4.57. The Morgan fingerprint density at radius 2 is 2.00 bits per heavy atom. The summed E-state index contributed by atoms with van der Waals surface area (Å²) < 4.78 is 0. The second-order valence-corrected chi connectivity index (χ2v) is 3.50. The molecule has 0 spiro atoms. The molecule has 0 radical (unpaired) electrons. The van der Waals surface area contributed by atoms with Gasteiger partial charge in [-0.05, 0) is 20.3 Å². The van der Waals surface area contributed by atoms with Crippen LogP contribution < -0.4 is 5.73 Å². The largest absolute Gasteiger partial charge is 0.481 e. The van der Waals surface area contributed by atoms with Crippen LogP contribution in [0.5, 0.6) is 0 Å². The molecule has 0 rings (SSSR count). The summed E-state index contributed by atoms with van der Waals surface area (Å²) in [5, 5.41) is 8.76. The van der Waals surface area contributed by atoms with Crippen LogP contribution >= 0.6 is 12.4 Å². The first-order valence-corrected chi connectivity index (χ1v) is 3.91. The van der Waals surface area contributed by atoms with E-state index in [1.54, 1.807) is 13.8 Å². The number of hydrogen-bond donors (Lipinski definition) is 2. The van der Waals surface area contributed by atoms with E-state index in [0.29, 0.717) is 6.42 Å². The molecular weight excluding hydrogens is 178 g/mol. The Bertz CT molecular complexity index is 142. The van der Waals surface area contributed by atoms with Gasteiger partial charge in [0.05, 0.1) is 5.92 Å². The van der Waals surface area contributed by atoms with Crippen molar-refractivity contribution >= 4 is 18.4 Å². The number of hydrogen-bond acceptors (Lipinski definition) is 2. The summed E-state index contributed by atoms with van der Waals surface area (Å²) in [5.74, 6) is -1.22. The SMILES string of the molecule is CCCC(C(=O)O)C(C)(C)N.Cl. The quantitative estimate of drug-likeness (QED) is 0.717. The third-order valence-electron chi connectivity index (χ3n) is 1.77. The second-order valence-electron chi connectivity index (χ2n) is 3.50. The van der Waals surface area contributed by atoms with Gasteiger partial charge >= 0.3 is 5.97 Å². The Kier molecular flexibility index (Phi) is 6.39. The summed E-state index contributed by atoms with van der Waals surface area (Å²) in [6, 6.07) is 0. The minimum absolute atomic E-state index is 0. The van der Waals surface area contributed by atoms with Crippen LogP contribution in [0.4, 0.5) is 0 Å². The molecular formula is C8H18ClNO2. The van der Waals surface area contributed by atoms with Crippen LogP contribution in [0.15, 0.2) is 0 Å². The van der Waals surface area contributed by atoms with Crippen LogP contribution in [-0.2, 0) is 4.79 Å². The van der Waals surface area contributed by atoms with E-state index < -0.39 is 17.4 Å². The van der Waals surface area contributed by atoms with Crippen LogP contribution in [0.25, 0.3) is 0 Å². The van der Waals surface area contributed by atoms with Gasteiger partial charge in [-0.2, -0.15) is 0 Å². The zero-order chi connectivity index (χ0) is 9.07. The van der Waals surface area contributed by atoms with E-state index in [-0.39, 0.29) is 12.4 Å². The maximum Gasteiger partial charge on any atom is 0.308 e. The van der Waals surface area contributed by atoms with Gasteiger partial charge in [-0.15, -0.1) is 12.4 Å². The smallest absolute Gasteiger partial charge is 0.308 e. The molecule has 1 atom stereocenters. The van der Waals surface area contributed by atoms with Crippen molar-refractivity contribution in [2.75, 3.05) is 0 Å². The summed E-state index contributed by atoms with van der Waals surface area (Å²) in [6.45, 7) is 5.46. The molecule has 3 N–H and O–H groups in total. The molecule has 3 nitrogen and oxygen atoms in total. The highest BCUT2D eigenvalue weighted by atomic mass is 35.5. The van der Waals surface area contributed by atoms with Gasteiger partial charge < -0.3 is 10.8 Å². The second kappa shape index (κ2) is 5.38. The molecule has 0 saturated carbocycles. The van der Waals surface area contributed by atoms with Crippen molar-refractivity contribution < 1.29 is 9.90 Å². The highest BCUT2D eigenvalue weighted by molar-refractivity contribution is 5.85. The van der Waals surface area contributed by atoms with Crippen molar-refractivity contribution in [3.8, 4) is 0 Å². The Morgan fingerprint density at radius 1 is 1.58 bits per heavy atom. The van der Waals surface area contributed by atoms with Crippen molar-refractivity contribution in [3.63, 3.8) is 0 Å². The van der Waals surface area contributed by atoms with E-state index in [4.69, 9.17) is 10.8 Å². The molecule has 4 heteroatoms. The maximum absolute atomic E-state index is 10.7. The predicted octanol–water partition coefficient (Wildman–Crippen LogP) is 1.65. The van der Waals surface area contributed by atoms with Gasteiger partial charge in [-0.3, -0.25) is 4.79 Å². The van der Waals surface area contributed by atoms with Crippen LogP contribution in [-0.4, -0.2) is 16.6 Å². The lowest BCUT2D eigenvalue weighted by Crippen LogP contribution is -2.44. The first-order chi connectivity index (χ1) is 4.89. The normalized spacial score (nSPS) is 13.3. The Morgan fingerprint density at radius 3 is 2.08 bits per heavy atom. The fourth-order valence-electron chi connectivity index (χ4n) is 1.10. The van der Waals surface area contributed by atoms with E-state index in [1.165, 1.54) is 0 Å². The van der Waals surface area contributed by atoms with E-state index in [1.807, 2.05) is 6.92 Å². The summed E-state index contributed by atoms with van der Waals surface area (Å²) >= 11 is 0. The number of nitrogens with two attached hydrogens (primary N) is 1. The number of halogens is 1. The van der Waals surface area contributed by atoms with Crippen molar-refractivity contribution in [3.05, 3.63) is 0 Å².